The van der Waals surface area contributed by atoms with Crippen LogP contribution >= 0.6 is 0 Å². The van der Waals surface area contributed by atoms with Crippen molar-refractivity contribution >= 4 is 11.5 Å². The van der Waals surface area contributed by atoms with Crippen LogP contribution in [0.1, 0.15) is 19.5 Å². The molecule has 0 spiro atoms. The number of nitrogens with two attached hydrogens (primary N) is 1. The lowest BCUT2D eigenvalue weighted by Gasteiger charge is -2.07. The predicted molar refractivity (Wildman–Crippen MR) is 77.1 cm³/mol. The molecule has 2 aromatic rings. The first-order valence-electron chi connectivity index (χ1n) is 6.34. The van der Waals surface area contributed by atoms with Gasteiger partial charge < -0.3 is 5.73 Å². The van der Waals surface area contributed by atoms with Crippen LogP contribution in [0.4, 0.5) is 11.5 Å². The maximum absolute atomic E-state index is 10.8. The van der Waals surface area contributed by atoms with Crippen LogP contribution in [0.3, 0.4) is 0 Å². The molecule has 0 fully saturated rings. The smallest absolute Gasteiger partial charge is 0.270 e. The first kappa shape index (κ1) is 13.9. The Hall–Kier alpha value is -2.50. The van der Waals surface area contributed by atoms with Crippen molar-refractivity contribution in [1.82, 2.24) is 9.97 Å². The number of nitro groups is 1. The lowest BCUT2D eigenvalue weighted by atomic mass is 10.1. The van der Waals surface area contributed by atoms with Crippen LogP contribution in [0.5, 0.6) is 0 Å². The predicted octanol–water partition coefficient (Wildman–Crippen LogP) is 2.83. The van der Waals surface area contributed by atoms with Crippen molar-refractivity contribution < 1.29 is 4.92 Å². The molecule has 20 heavy (non-hydrogen) atoms. The Kier molecular flexibility index (Phi) is 3.93. The van der Waals surface area contributed by atoms with Crippen LogP contribution in [-0.2, 0) is 6.42 Å². The van der Waals surface area contributed by atoms with Gasteiger partial charge in [-0.25, -0.2) is 9.97 Å². The Morgan fingerprint density at radius 3 is 2.70 bits per heavy atom. The van der Waals surface area contributed by atoms with Gasteiger partial charge in [-0.15, -0.1) is 0 Å². The molecule has 1 aromatic heterocycles. The molecule has 0 bridgehead atoms. The minimum atomic E-state index is -0.440. The van der Waals surface area contributed by atoms with E-state index in [1.165, 1.54) is 12.1 Å². The summed E-state index contributed by atoms with van der Waals surface area (Å²) >= 11 is 0. The lowest BCUT2D eigenvalue weighted by Crippen LogP contribution is -2.03. The summed E-state index contributed by atoms with van der Waals surface area (Å²) in [5, 5.41) is 10.8. The molecule has 6 heteroatoms. The van der Waals surface area contributed by atoms with E-state index in [4.69, 9.17) is 5.73 Å². The number of hydrogen-bond donors (Lipinski definition) is 1. The number of anilines is 1. The van der Waals surface area contributed by atoms with Gasteiger partial charge in [-0.05, 0) is 12.3 Å². The van der Waals surface area contributed by atoms with Gasteiger partial charge in [-0.1, -0.05) is 26.0 Å². The lowest BCUT2D eigenvalue weighted by molar-refractivity contribution is -0.384. The molecular weight excluding hydrogens is 256 g/mol. The van der Waals surface area contributed by atoms with Crippen molar-refractivity contribution in [3.8, 4) is 11.4 Å². The Morgan fingerprint density at radius 1 is 1.30 bits per heavy atom. The van der Waals surface area contributed by atoms with E-state index in [-0.39, 0.29) is 5.69 Å². The van der Waals surface area contributed by atoms with Gasteiger partial charge >= 0.3 is 0 Å². The first-order valence-corrected chi connectivity index (χ1v) is 6.34. The molecule has 1 heterocycles. The van der Waals surface area contributed by atoms with Gasteiger partial charge in [0.15, 0.2) is 5.82 Å². The molecule has 0 amide bonds. The third-order valence-corrected chi connectivity index (χ3v) is 2.73. The van der Waals surface area contributed by atoms with Gasteiger partial charge in [0.1, 0.15) is 5.82 Å². The van der Waals surface area contributed by atoms with Crippen LogP contribution in [0.15, 0.2) is 30.3 Å². The molecule has 0 unspecified atom stereocenters. The largest absolute Gasteiger partial charge is 0.384 e. The number of aromatic nitrogens is 2. The molecule has 2 N–H and O–H groups in total. The van der Waals surface area contributed by atoms with E-state index in [1.54, 1.807) is 18.2 Å². The summed E-state index contributed by atoms with van der Waals surface area (Å²) in [6.07, 6.45) is 0.786. The highest BCUT2D eigenvalue weighted by molar-refractivity contribution is 5.60. The number of benzene rings is 1. The molecule has 104 valence electrons. The highest BCUT2D eigenvalue weighted by atomic mass is 16.6. The van der Waals surface area contributed by atoms with Crippen molar-refractivity contribution in [3.05, 3.63) is 46.1 Å². The van der Waals surface area contributed by atoms with Gasteiger partial charge in [0, 0.05) is 29.5 Å². The number of nitrogens with zero attached hydrogens (tertiary/aromatic N) is 3. The number of nitro benzene ring substituents is 1. The topological polar surface area (TPSA) is 94.9 Å². The molecule has 0 saturated carbocycles. The van der Waals surface area contributed by atoms with E-state index in [0.717, 1.165) is 12.1 Å². The Bertz CT molecular complexity index is 641. The second kappa shape index (κ2) is 5.64. The Morgan fingerprint density at radius 2 is 2.05 bits per heavy atom. The second-order valence-electron chi connectivity index (χ2n) is 5.01. The molecule has 0 radical (unpaired) electrons. The van der Waals surface area contributed by atoms with Gasteiger partial charge in [0.25, 0.3) is 5.69 Å². The average Bonchev–Trinajstić information content (AvgIpc) is 2.37. The van der Waals surface area contributed by atoms with E-state index in [0.29, 0.717) is 23.1 Å². The minimum Gasteiger partial charge on any atom is -0.384 e. The molecule has 0 aliphatic heterocycles. The van der Waals surface area contributed by atoms with Crippen LogP contribution in [0, 0.1) is 16.0 Å². The summed E-state index contributed by atoms with van der Waals surface area (Å²) in [6.45, 7) is 4.18. The quantitative estimate of drug-likeness (QED) is 0.682. The zero-order valence-corrected chi connectivity index (χ0v) is 11.4. The monoisotopic (exact) mass is 272 g/mol. The Balaban J connectivity index is 2.44. The number of nitrogen functional groups attached to an aromatic ring is 1. The maximum atomic E-state index is 10.8. The number of non-ortho nitro benzene ring substituents is 1. The van der Waals surface area contributed by atoms with E-state index in [1.807, 2.05) is 0 Å². The zero-order valence-electron chi connectivity index (χ0n) is 11.4. The van der Waals surface area contributed by atoms with Crippen LogP contribution in [0.25, 0.3) is 11.4 Å². The van der Waals surface area contributed by atoms with Crippen molar-refractivity contribution in [1.29, 1.82) is 0 Å². The summed E-state index contributed by atoms with van der Waals surface area (Å²) in [5.74, 6) is 1.24. The van der Waals surface area contributed by atoms with E-state index in [2.05, 4.69) is 23.8 Å². The Labute approximate surface area is 116 Å². The van der Waals surface area contributed by atoms with Crippen molar-refractivity contribution in [2.45, 2.75) is 20.3 Å². The van der Waals surface area contributed by atoms with E-state index < -0.39 is 4.92 Å². The SMILES string of the molecule is CC(C)Cc1cc(N)nc(-c2cccc([N+](=O)[O-])c2)n1. The molecule has 2 rings (SSSR count). The third-order valence-electron chi connectivity index (χ3n) is 2.73. The second-order valence-corrected chi connectivity index (χ2v) is 5.01. The molecule has 6 nitrogen and oxygen atoms in total. The van der Waals surface area contributed by atoms with E-state index >= 15 is 0 Å². The molecule has 0 aliphatic rings. The fourth-order valence-electron chi connectivity index (χ4n) is 1.93. The third kappa shape index (κ3) is 3.28. The fraction of sp³-hybridized carbons (Fsp3) is 0.286. The fourth-order valence-corrected chi connectivity index (χ4v) is 1.93. The number of hydrogen-bond acceptors (Lipinski definition) is 5. The summed E-state index contributed by atoms with van der Waals surface area (Å²) in [4.78, 5) is 19.0. The van der Waals surface area contributed by atoms with Crippen molar-refractivity contribution in [2.24, 2.45) is 5.92 Å². The standard InChI is InChI=1S/C14H16N4O2/c1-9(2)6-11-8-13(15)17-14(16-11)10-4-3-5-12(7-10)18(19)20/h3-5,7-9H,6H2,1-2H3,(H2,15,16,17). The minimum absolute atomic E-state index is 0.0129. The number of rotatable bonds is 4. The van der Waals surface area contributed by atoms with Gasteiger partial charge in [0.2, 0.25) is 0 Å². The highest BCUT2D eigenvalue weighted by Gasteiger charge is 2.11. The summed E-state index contributed by atoms with van der Waals surface area (Å²) in [7, 11) is 0. The molecule has 0 atom stereocenters. The molecule has 0 saturated heterocycles. The average molecular weight is 272 g/mol. The maximum Gasteiger partial charge on any atom is 0.270 e. The normalized spacial score (nSPS) is 10.8. The summed E-state index contributed by atoms with van der Waals surface area (Å²) in [5.41, 5.74) is 7.23. The zero-order chi connectivity index (χ0) is 14.7. The highest BCUT2D eigenvalue weighted by Crippen LogP contribution is 2.22. The molecule has 1 aromatic carbocycles. The first-order chi connectivity index (χ1) is 9.45. The summed E-state index contributed by atoms with van der Waals surface area (Å²) in [6, 6.07) is 7.97. The van der Waals surface area contributed by atoms with Crippen LogP contribution in [0.2, 0.25) is 0 Å². The van der Waals surface area contributed by atoms with Crippen molar-refractivity contribution in [2.75, 3.05) is 5.73 Å². The van der Waals surface area contributed by atoms with Crippen molar-refractivity contribution in [3.63, 3.8) is 0 Å². The van der Waals surface area contributed by atoms with Gasteiger partial charge in [-0.3, -0.25) is 10.1 Å². The van der Waals surface area contributed by atoms with Crippen LogP contribution < -0.4 is 5.73 Å². The molecular formula is C14H16N4O2. The summed E-state index contributed by atoms with van der Waals surface area (Å²) < 4.78 is 0. The van der Waals surface area contributed by atoms with E-state index in [9.17, 15) is 10.1 Å². The van der Waals surface area contributed by atoms with Gasteiger partial charge in [0.05, 0.1) is 4.92 Å². The van der Waals surface area contributed by atoms with Gasteiger partial charge in [-0.2, -0.15) is 0 Å². The van der Waals surface area contributed by atoms with Crippen LogP contribution in [-0.4, -0.2) is 14.9 Å². The molecule has 0 aliphatic carbocycles.